The molecule has 94 valence electrons. The van der Waals surface area contributed by atoms with Gasteiger partial charge in [0.15, 0.2) is 5.82 Å². The third-order valence-electron chi connectivity index (χ3n) is 2.05. The number of nitrogens with one attached hydrogen (secondary N) is 2. The molecule has 0 aliphatic heterocycles. The Labute approximate surface area is 122 Å². The zero-order valence-corrected chi connectivity index (χ0v) is 12.0. The van der Waals surface area contributed by atoms with E-state index in [1.54, 1.807) is 18.2 Å². The summed E-state index contributed by atoms with van der Waals surface area (Å²) in [5.41, 5.74) is 3.17. The molecule has 1 heterocycles. The zero-order chi connectivity index (χ0) is 13.1. The van der Waals surface area contributed by atoms with Crippen LogP contribution >= 0.6 is 39.1 Å². The topological polar surface area (TPSA) is 75.9 Å². The Kier molecular flexibility index (Phi) is 4.23. The highest BCUT2D eigenvalue weighted by atomic mass is 79.9. The summed E-state index contributed by atoms with van der Waals surface area (Å²) in [6.45, 7) is 0. The molecular weight excluding hydrogens is 341 g/mol. The van der Waals surface area contributed by atoms with Gasteiger partial charge in [-0.1, -0.05) is 23.2 Å². The number of nitrogen functional groups attached to an aromatic ring is 1. The Morgan fingerprint density at radius 1 is 1.06 bits per heavy atom. The first kappa shape index (κ1) is 13.4. The fourth-order valence-electron chi connectivity index (χ4n) is 1.32. The van der Waals surface area contributed by atoms with E-state index in [4.69, 9.17) is 29.0 Å². The molecule has 8 heteroatoms. The maximum absolute atomic E-state index is 5.91. The lowest BCUT2D eigenvalue weighted by Crippen LogP contribution is -2.10. The highest BCUT2D eigenvalue weighted by molar-refractivity contribution is 9.10. The molecular formula is C10H8BrCl2N5. The minimum absolute atomic E-state index is 0.473. The lowest BCUT2D eigenvalue weighted by Gasteiger charge is -2.10. The summed E-state index contributed by atoms with van der Waals surface area (Å²) < 4.78 is 0.614. The number of anilines is 3. The van der Waals surface area contributed by atoms with Gasteiger partial charge >= 0.3 is 0 Å². The number of hydrazine groups is 1. The zero-order valence-electron chi connectivity index (χ0n) is 8.92. The standard InChI is InChI=1S/C10H8BrCl2N5/c11-8-9(15-4-16-10(8)18-14)17-7-2-5(12)1-6(13)3-7/h1-4H,14H2,(H2,15,16,17,18). The first-order valence-corrected chi connectivity index (χ1v) is 6.35. The molecule has 0 amide bonds. The number of nitrogens with zero attached hydrogens (tertiary/aromatic N) is 2. The van der Waals surface area contributed by atoms with Gasteiger partial charge in [0.2, 0.25) is 0 Å². The monoisotopic (exact) mass is 347 g/mol. The molecule has 0 bridgehead atoms. The van der Waals surface area contributed by atoms with Gasteiger partial charge in [-0.15, -0.1) is 0 Å². The number of aromatic nitrogens is 2. The summed E-state index contributed by atoms with van der Waals surface area (Å²) in [5, 5.41) is 4.14. The highest BCUT2D eigenvalue weighted by Crippen LogP contribution is 2.30. The van der Waals surface area contributed by atoms with Crippen molar-refractivity contribution in [3.05, 3.63) is 39.0 Å². The van der Waals surface area contributed by atoms with Crippen LogP contribution < -0.4 is 16.6 Å². The maximum Gasteiger partial charge on any atom is 0.159 e. The van der Waals surface area contributed by atoms with Crippen molar-refractivity contribution >= 4 is 56.5 Å². The summed E-state index contributed by atoms with van der Waals surface area (Å²) in [5.74, 6) is 6.35. The van der Waals surface area contributed by atoms with Crippen molar-refractivity contribution in [3.8, 4) is 0 Å². The average molecular weight is 349 g/mol. The van der Waals surface area contributed by atoms with Gasteiger partial charge in [0.1, 0.15) is 16.6 Å². The SMILES string of the molecule is NNc1ncnc(Nc2cc(Cl)cc(Cl)c2)c1Br. The quantitative estimate of drug-likeness (QED) is 0.584. The van der Waals surface area contributed by atoms with Crippen molar-refractivity contribution in [2.45, 2.75) is 0 Å². The second kappa shape index (κ2) is 5.71. The van der Waals surface area contributed by atoms with E-state index < -0.39 is 0 Å². The van der Waals surface area contributed by atoms with Gasteiger partial charge in [0, 0.05) is 15.7 Å². The van der Waals surface area contributed by atoms with Gasteiger partial charge < -0.3 is 10.7 Å². The van der Waals surface area contributed by atoms with Gasteiger partial charge in [0.25, 0.3) is 0 Å². The highest BCUT2D eigenvalue weighted by Gasteiger charge is 2.08. The Morgan fingerprint density at radius 3 is 2.28 bits per heavy atom. The van der Waals surface area contributed by atoms with E-state index in [-0.39, 0.29) is 0 Å². The number of hydrogen-bond acceptors (Lipinski definition) is 5. The van der Waals surface area contributed by atoms with Crippen LogP contribution in [0.15, 0.2) is 29.0 Å². The van der Waals surface area contributed by atoms with Crippen LogP contribution in [-0.2, 0) is 0 Å². The van der Waals surface area contributed by atoms with Crippen LogP contribution in [0.5, 0.6) is 0 Å². The Bertz CT molecular complexity index is 558. The van der Waals surface area contributed by atoms with E-state index in [0.717, 1.165) is 5.69 Å². The van der Waals surface area contributed by atoms with Crippen molar-refractivity contribution in [3.63, 3.8) is 0 Å². The summed E-state index contributed by atoms with van der Waals surface area (Å²) >= 11 is 15.2. The normalized spacial score (nSPS) is 10.2. The molecule has 0 atom stereocenters. The van der Waals surface area contributed by atoms with Gasteiger partial charge in [-0.2, -0.15) is 0 Å². The predicted molar refractivity (Wildman–Crippen MR) is 77.3 cm³/mol. The first-order chi connectivity index (χ1) is 8.60. The molecule has 0 aliphatic carbocycles. The number of halogens is 3. The Balaban J connectivity index is 2.34. The lowest BCUT2D eigenvalue weighted by atomic mass is 10.3. The number of nitrogens with two attached hydrogens (primary N) is 1. The summed E-state index contributed by atoms with van der Waals surface area (Å²) in [6.07, 6.45) is 1.38. The maximum atomic E-state index is 5.91. The third kappa shape index (κ3) is 3.02. The van der Waals surface area contributed by atoms with Crippen LogP contribution in [0.25, 0.3) is 0 Å². The molecule has 2 rings (SSSR count). The van der Waals surface area contributed by atoms with Crippen LogP contribution in [0.2, 0.25) is 10.0 Å². The van der Waals surface area contributed by atoms with Crippen LogP contribution in [0, 0.1) is 0 Å². The molecule has 2 aromatic rings. The smallest absolute Gasteiger partial charge is 0.159 e. The van der Waals surface area contributed by atoms with E-state index in [2.05, 4.69) is 36.6 Å². The van der Waals surface area contributed by atoms with Crippen molar-refractivity contribution in [1.29, 1.82) is 0 Å². The van der Waals surface area contributed by atoms with E-state index in [9.17, 15) is 0 Å². The fraction of sp³-hybridized carbons (Fsp3) is 0. The molecule has 18 heavy (non-hydrogen) atoms. The summed E-state index contributed by atoms with van der Waals surface area (Å²) in [6, 6.07) is 5.12. The molecule has 4 N–H and O–H groups in total. The number of benzene rings is 1. The third-order valence-corrected chi connectivity index (χ3v) is 3.24. The molecule has 1 aromatic carbocycles. The molecule has 0 unspecified atom stereocenters. The van der Waals surface area contributed by atoms with E-state index in [1.165, 1.54) is 6.33 Å². The minimum atomic E-state index is 0.473. The first-order valence-electron chi connectivity index (χ1n) is 4.80. The second-order valence-electron chi connectivity index (χ2n) is 3.31. The predicted octanol–water partition coefficient (Wildman–Crippen LogP) is 3.58. The molecule has 0 saturated heterocycles. The molecule has 0 fully saturated rings. The molecule has 0 radical (unpaired) electrons. The van der Waals surface area contributed by atoms with Crippen LogP contribution in [0.4, 0.5) is 17.3 Å². The molecule has 0 saturated carbocycles. The Morgan fingerprint density at radius 2 is 1.67 bits per heavy atom. The lowest BCUT2D eigenvalue weighted by molar-refractivity contribution is 1.12. The van der Waals surface area contributed by atoms with Crippen molar-refractivity contribution in [2.24, 2.45) is 5.84 Å². The van der Waals surface area contributed by atoms with Crippen molar-refractivity contribution in [1.82, 2.24) is 9.97 Å². The van der Waals surface area contributed by atoms with Crippen LogP contribution in [0.3, 0.4) is 0 Å². The van der Waals surface area contributed by atoms with Crippen molar-refractivity contribution < 1.29 is 0 Å². The molecule has 0 spiro atoms. The summed E-state index contributed by atoms with van der Waals surface area (Å²) in [7, 11) is 0. The average Bonchev–Trinajstić information content (AvgIpc) is 2.30. The molecule has 1 aromatic heterocycles. The van der Waals surface area contributed by atoms with Gasteiger partial charge in [-0.3, -0.25) is 0 Å². The number of rotatable bonds is 3. The van der Waals surface area contributed by atoms with Gasteiger partial charge in [-0.05, 0) is 34.1 Å². The molecule has 0 aliphatic rings. The second-order valence-corrected chi connectivity index (χ2v) is 4.98. The molecule has 5 nitrogen and oxygen atoms in total. The van der Waals surface area contributed by atoms with E-state index in [1.807, 2.05) is 0 Å². The number of hydrogen-bond donors (Lipinski definition) is 3. The van der Waals surface area contributed by atoms with Crippen molar-refractivity contribution in [2.75, 3.05) is 10.7 Å². The van der Waals surface area contributed by atoms with Crippen LogP contribution in [-0.4, -0.2) is 9.97 Å². The van der Waals surface area contributed by atoms with E-state index >= 15 is 0 Å². The van der Waals surface area contributed by atoms with E-state index in [0.29, 0.717) is 26.2 Å². The summed E-state index contributed by atoms with van der Waals surface area (Å²) in [4.78, 5) is 8.04. The van der Waals surface area contributed by atoms with Gasteiger partial charge in [-0.25, -0.2) is 15.8 Å². The van der Waals surface area contributed by atoms with Crippen LogP contribution in [0.1, 0.15) is 0 Å². The minimum Gasteiger partial charge on any atom is -0.339 e. The largest absolute Gasteiger partial charge is 0.339 e. The Hall–Kier alpha value is -1.08. The van der Waals surface area contributed by atoms with Gasteiger partial charge in [0.05, 0.1) is 0 Å². The fourth-order valence-corrected chi connectivity index (χ4v) is 2.26.